The van der Waals surface area contributed by atoms with Crippen LogP contribution in [0, 0.1) is 0 Å². The summed E-state index contributed by atoms with van der Waals surface area (Å²) in [5.74, 6) is -0.542. The van der Waals surface area contributed by atoms with E-state index in [1.54, 1.807) is 4.90 Å². The van der Waals surface area contributed by atoms with E-state index in [1.165, 1.54) is 0 Å². The molecule has 0 unspecified atom stereocenters. The molecule has 0 aromatic heterocycles. The maximum absolute atomic E-state index is 11.8. The first kappa shape index (κ1) is 15.1. The van der Waals surface area contributed by atoms with Gasteiger partial charge in [-0.25, -0.2) is 4.79 Å². The number of carbonyl (C=O) groups is 2. The van der Waals surface area contributed by atoms with Crippen LogP contribution in [-0.4, -0.2) is 47.6 Å². The predicted octanol–water partition coefficient (Wildman–Crippen LogP) is 2.17. The lowest BCUT2D eigenvalue weighted by Gasteiger charge is -2.33. The van der Waals surface area contributed by atoms with Gasteiger partial charge in [0.05, 0.1) is 0 Å². The molecule has 0 aromatic rings. The molecular weight excluding hydrogens is 258 g/mol. The van der Waals surface area contributed by atoms with Gasteiger partial charge in [-0.3, -0.25) is 4.79 Å². The number of amides is 1. The molecule has 0 aliphatic carbocycles. The molecule has 0 atom stereocenters. The van der Waals surface area contributed by atoms with Gasteiger partial charge in [-0.15, -0.1) is 11.6 Å². The molecular formula is C12H20ClNO4. The quantitative estimate of drug-likeness (QED) is 0.573. The molecule has 1 saturated heterocycles. The summed E-state index contributed by atoms with van der Waals surface area (Å²) in [6, 6.07) is 0. The summed E-state index contributed by atoms with van der Waals surface area (Å²) in [6.45, 7) is 6.57. The van der Waals surface area contributed by atoms with Gasteiger partial charge < -0.3 is 14.4 Å². The van der Waals surface area contributed by atoms with Crippen LogP contribution in [0.1, 0.15) is 33.6 Å². The van der Waals surface area contributed by atoms with Gasteiger partial charge in [-0.05, 0) is 20.8 Å². The first-order valence-corrected chi connectivity index (χ1v) is 6.58. The van der Waals surface area contributed by atoms with E-state index in [-0.39, 0.29) is 18.1 Å². The molecule has 1 amide bonds. The van der Waals surface area contributed by atoms with Crippen molar-refractivity contribution in [2.75, 3.05) is 19.0 Å². The maximum Gasteiger partial charge on any atom is 0.410 e. The summed E-state index contributed by atoms with van der Waals surface area (Å²) < 4.78 is 10.4. The number of rotatable bonds is 2. The average molecular weight is 278 g/mol. The zero-order chi connectivity index (χ0) is 13.8. The number of likely N-dealkylation sites (tertiary alicyclic amines) is 1. The van der Waals surface area contributed by atoms with Gasteiger partial charge in [0.1, 0.15) is 17.6 Å². The number of halogens is 1. The highest BCUT2D eigenvalue weighted by atomic mass is 35.5. The highest BCUT2D eigenvalue weighted by molar-refractivity contribution is 6.26. The number of carbonyl (C=O) groups excluding carboxylic acids is 2. The number of alkyl halides is 1. The Bertz CT molecular complexity index is 306. The first-order valence-electron chi connectivity index (χ1n) is 6.05. The Hall–Kier alpha value is -0.970. The van der Waals surface area contributed by atoms with E-state index in [9.17, 15) is 9.59 Å². The van der Waals surface area contributed by atoms with Crippen molar-refractivity contribution in [1.82, 2.24) is 4.90 Å². The highest BCUT2D eigenvalue weighted by Crippen LogP contribution is 2.17. The van der Waals surface area contributed by atoms with Crippen molar-refractivity contribution < 1.29 is 19.1 Å². The van der Waals surface area contributed by atoms with Crippen LogP contribution in [0.3, 0.4) is 0 Å². The van der Waals surface area contributed by atoms with E-state index in [0.717, 1.165) is 0 Å². The van der Waals surface area contributed by atoms with Crippen LogP contribution in [0.5, 0.6) is 0 Å². The molecule has 1 aliphatic rings. The van der Waals surface area contributed by atoms with Gasteiger partial charge in [-0.1, -0.05) is 0 Å². The summed E-state index contributed by atoms with van der Waals surface area (Å²) in [5, 5.41) is 0. The molecule has 0 aromatic carbocycles. The lowest BCUT2D eigenvalue weighted by molar-refractivity contribution is -0.147. The van der Waals surface area contributed by atoms with Crippen molar-refractivity contribution in [3.8, 4) is 0 Å². The predicted molar refractivity (Wildman–Crippen MR) is 67.6 cm³/mol. The van der Waals surface area contributed by atoms with Crippen LogP contribution in [0.2, 0.25) is 0 Å². The van der Waals surface area contributed by atoms with Gasteiger partial charge in [0.15, 0.2) is 0 Å². The number of hydrogen-bond donors (Lipinski definition) is 0. The van der Waals surface area contributed by atoms with Crippen LogP contribution in [-0.2, 0) is 14.3 Å². The standard InChI is InChI=1S/C12H20ClNO4/c1-12(2,3)18-11(16)14-6-4-9(5-7-14)17-10(15)8-13/h9H,4-8H2,1-3H3. The van der Waals surface area contributed by atoms with Crippen molar-refractivity contribution in [3.63, 3.8) is 0 Å². The van der Waals surface area contributed by atoms with Gasteiger partial charge in [0.25, 0.3) is 0 Å². The number of nitrogens with zero attached hydrogens (tertiary/aromatic N) is 1. The van der Waals surface area contributed by atoms with E-state index in [0.29, 0.717) is 25.9 Å². The second-order valence-corrected chi connectivity index (χ2v) is 5.56. The molecule has 104 valence electrons. The van der Waals surface area contributed by atoms with E-state index in [2.05, 4.69) is 0 Å². The average Bonchev–Trinajstić information content (AvgIpc) is 2.27. The molecule has 5 nitrogen and oxygen atoms in total. The number of esters is 1. The fourth-order valence-corrected chi connectivity index (χ4v) is 1.76. The van der Waals surface area contributed by atoms with E-state index >= 15 is 0 Å². The number of ether oxygens (including phenoxy) is 2. The Kier molecular flexibility index (Phi) is 5.26. The Labute approximate surface area is 112 Å². The summed E-state index contributed by atoms with van der Waals surface area (Å²) in [6.07, 6.45) is 0.795. The molecule has 6 heteroatoms. The summed E-state index contributed by atoms with van der Waals surface area (Å²) >= 11 is 5.36. The van der Waals surface area contributed by atoms with Crippen molar-refractivity contribution in [1.29, 1.82) is 0 Å². The van der Waals surface area contributed by atoms with Crippen LogP contribution >= 0.6 is 11.6 Å². The lowest BCUT2D eigenvalue weighted by atomic mass is 10.1. The molecule has 18 heavy (non-hydrogen) atoms. The van der Waals surface area contributed by atoms with Crippen LogP contribution in [0.4, 0.5) is 4.79 Å². The zero-order valence-corrected chi connectivity index (χ0v) is 11.8. The Morgan fingerprint density at radius 2 is 1.83 bits per heavy atom. The third-order valence-electron chi connectivity index (χ3n) is 2.50. The molecule has 1 rings (SSSR count). The monoisotopic (exact) mass is 277 g/mol. The van der Waals surface area contributed by atoms with E-state index in [1.807, 2.05) is 20.8 Å². The molecule has 0 saturated carbocycles. The largest absolute Gasteiger partial charge is 0.461 e. The maximum atomic E-state index is 11.8. The molecule has 1 heterocycles. The smallest absolute Gasteiger partial charge is 0.410 e. The van der Waals surface area contributed by atoms with Gasteiger partial charge in [-0.2, -0.15) is 0 Å². The zero-order valence-electron chi connectivity index (χ0n) is 11.1. The molecule has 1 fully saturated rings. The van der Waals surface area contributed by atoms with Crippen molar-refractivity contribution in [2.24, 2.45) is 0 Å². The number of hydrogen-bond acceptors (Lipinski definition) is 4. The third kappa shape index (κ3) is 5.12. The summed E-state index contributed by atoms with van der Waals surface area (Å²) in [4.78, 5) is 24.4. The van der Waals surface area contributed by atoms with E-state index < -0.39 is 11.6 Å². The minimum atomic E-state index is -0.487. The molecule has 0 bridgehead atoms. The SMILES string of the molecule is CC(C)(C)OC(=O)N1CCC(OC(=O)CCl)CC1. The van der Waals surface area contributed by atoms with Crippen LogP contribution < -0.4 is 0 Å². The fraction of sp³-hybridized carbons (Fsp3) is 0.833. The molecule has 0 N–H and O–H groups in total. The lowest BCUT2D eigenvalue weighted by Crippen LogP contribution is -2.43. The van der Waals surface area contributed by atoms with Gasteiger partial charge in [0.2, 0.25) is 0 Å². The normalized spacial score (nSPS) is 17.4. The van der Waals surface area contributed by atoms with Crippen LogP contribution in [0.15, 0.2) is 0 Å². The third-order valence-corrected chi connectivity index (χ3v) is 2.72. The number of piperidine rings is 1. The van der Waals surface area contributed by atoms with Gasteiger partial charge >= 0.3 is 12.1 Å². The minimum absolute atomic E-state index is 0.133. The second kappa shape index (κ2) is 6.27. The highest BCUT2D eigenvalue weighted by Gasteiger charge is 2.28. The van der Waals surface area contributed by atoms with Crippen molar-refractivity contribution in [3.05, 3.63) is 0 Å². The summed E-state index contributed by atoms with van der Waals surface area (Å²) in [7, 11) is 0. The van der Waals surface area contributed by atoms with Crippen molar-refractivity contribution >= 4 is 23.7 Å². The van der Waals surface area contributed by atoms with Gasteiger partial charge in [0, 0.05) is 25.9 Å². The van der Waals surface area contributed by atoms with Crippen molar-refractivity contribution in [2.45, 2.75) is 45.3 Å². The first-order chi connectivity index (χ1) is 8.31. The topological polar surface area (TPSA) is 55.8 Å². The Morgan fingerprint density at radius 1 is 1.28 bits per heavy atom. The molecule has 1 aliphatic heterocycles. The second-order valence-electron chi connectivity index (χ2n) is 5.29. The minimum Gasteiger partial charge on any atom is -0.461 e. The fourth-order valence-electron chi connectivity index (χ4n) is 1.70. The van der Waals surface area contributed by atoms with Crippen LogP contribution in [0.25, 0.3) is 0 Å². The molecule has 0 spiro atoms. The van der Waals surface area contributed by atoms with E-state index in [4.69, 9.17) is 21.1 Å². The molecule has 0 radical (unpaired) electrons. The summed E-state index contributed by atoms with van der Waals surface area (Å²) in [5.41, 5.74) is -0.487. The Morgan fingerprint density at radius 3 is 2.28 bits per heavy atom. The Balaban J connectivity index is 2.35.